The van der Waals surface area contributed by atoms with Gasteiger partial charge in [0.2, 0.25) is 0 Å². The van der Waals surface area contributed by atoms with E-state index in [1.165, 1.54) is 29.8 Å². The van der Waals surface area contributed by atoms with Gasteiger partial charge in [0.15, 0.2) is 0 Å². The van der Waals surface area contributed by atoms with E-state index in [1.807, 2.05) is 36.4 Å². The lowest BCUT2D eigenvalue weighted by Crippen LogP contribution is -2.41. The highest BCUT2D eigenvalue weighted by atomic mass is 19.1. The molecule has 0 N–H and O–H groups in total. The third kappa shape index (κ3) is 5.25. The van der Waals surface area contributed by atoms with Gasteiger partial charge in [-0.25, -0.2) is 8.78 Å². The van der Waals surface area contributed by atoms with Crippen molar-refractivity contribution >= 4 is 0 Å². The number of hydrogen-bond acceptors (Lipinski definition) is 2. The third-order valence-electron chi connectivity index (χ3n) is 5.92. The Bertz CT molecular complexity index is 938. The first-order valence-corrected chi connectivity index (χ1v) is 10.5. The fourth-order valence-electron chi connectivity index (χ4n) is 4.25. The summed E-state index contributed by atoms with van der Waals surface area (Å²) in [5.41, 5.74) is 3.47. The van der Waals surface area contributed by atoms with Crippen molar-refractivity contribution in [2.45, 2.75) is 25.8 Å². The van der Waals surface area contributed by atoms with Gasteiger partial charge in [-0.2, -0.15) is 0 Å². The van der Waals surface area contributed by atoms with Gasteiger partial charge in [-0.05, 0) is 73.3 Å². The van der Waals surface area contributed by atoms with Gasteiger partial charge in [0.25, 0.3) is 0 Å². The van der Waals surface area contributed by atoms with Crippen molar-refractivity contribution in [3.8, 4) is 5.75 Å². The second-order valence-corrected chi connectivity index (χ2v) is 8.19. The smallest absolute Gasteiger partial charge is 0.123 e. The quantitative estimate of drug-likeness (QED) is 0.500. The molecular weight excluding hydrogens is 380 g/mol. The zero-order chi connectivity index (χ0) is 20.9. The van der Waals surface area contributed by atoms with Crippen molar-refractivity contribution in [3.63, 3.8) is 0 Å². The summed E-state index contributed by atoms with van der Waals surface area (Å²) in [4.78, 5) is 2.40. The van der Waals surface area contributed by atoms with E-state index in [-0.39, 0.29) is 17.6 Å². The Labute approximate surface area is 177 Å². The van der Waals surface area contributed by atoms with Gasteiger partial charge in [-0.3, -0.25) is 4.90 Å². The number of aryl methyl sites for hydroxylation is 1. The molecule has 4 rings (SSSR count). The Morgan fingerprint density at radius 2 is 1.50 bits per heavy atom. The van der Waals surface area contributed by atoms with E-state index in [0.717, 1.165) is 42.9 Å². The van der Waals surface area contributed by atoms with Crippen LogP contribution in [-0.2, 0) is 6.54 Å². The fourth-order valence-corrected chi connectivity index (χ4v) is 4.25. The summed E-state index contributed by atoms with van der Waals surface area (Å²) in [6.07, 6.45) is 0.981. The lowest BCUT2D eigenvalue weighted by molar-refractivity contribution is 0.106. The van der Waals surface area contributed by atoms with Gasteiger partial charge in [0, 0.05) is 19.0 Å². The summed E-state index contributed by atoms with van der Waals surface area (Å²) in [6.45, 7) is 5.27. The summed E-state index contributed by atoms with van der Waals surface area (Å²) in [6, 6.07) is 21.7. The molecule has 0 unspecified atom stereocenters. The summed E-state index contributed by atoms with van der Waals surface area (Å²) in [7, 11) is 0. The number of piperidine rings is 1. The van der Waals surface area contributed by atoms with Crippen LogP contribution in [0.3, 0.4) is 0 Å². The molecule has 0 radical (unpaired) electrons. The van der Waals surface area contributed by atoms with Crippen LogP contribution in [0.5, 0.6) is 5.75 Å². The van der Waals surface area contributed by atoms with Gasteiger partial charge in [-0.15, -0.1) is 0 Å². The topological polar surface area (TPSA) is 12.5 Å². The van der Waals surface area contributed by atoms with Crippen LogP contribution < -0.4 is 4.74 Å². The summed E-state index contributed by atoms with van der Waals surface area (Å²) in [5, 5.41) is 0. The van der Waals surface area contributed by atoms with Crippen molar-refractivity contribution < 1.29 is 13.5 Å². The first kappa shape index (κ1) is 20.5. The van der Waals surface area contributed by atoms with Crippen LogP contribution in [0.25, 0.3) is 0 Å². The zero-order valence-electron chi connectivity index (χ0n) is 17.2. The minimum atomic E-state index is -0.210. The van der Waals surface area contributed by atoms with Crippen LogP contribution in [0.2, 0.25) is 0 Å². The summed E-state index contributed by atoms with van der Waals surface area (Å²) in [5.74, 6) is 1.05. The maximum atomic E-state index is 13.4. The van der Waals surface area contributed by atoms with Crippen LogP contribution in [0.15, 0.2) is 72.8 Å². The molecule has 1 saturated heterocycles. The molecule has 1 heterocycles. The van der Waals surface area contributed by atoms with Crippen LogP contribution >= 0.6 is 0 Å². The van der Waals surface area contributed by atoms with Crippen molar-refractivity contribution in [2.24, 2.45) is 5.92 Å². The lowest BCUT2D eigenvalue weighted by Gasteiger charge is -2.39. The van der Waals surface area contributed by atoms with Gasteiger partial charge in [0.1, 0.15) is 17.4 Å². The fraction of sp³-hybridized carbons (Fsp3) is 0.308. The van der Waals surface area contributed by atoms with Crippen molar-refractivity contribution in [3.05, 3.63) is 101 Å². The first-order valence-electron chi connectivity index (χ1n) is 10.5. The lowest BCUT2D eigenvalue weighted by atomic mass is 9.80. The Hall–Kier alpha value is -2.72. The van der Waals surface area contributed by atoms with Crippen molar-refractivity contribution in [1.82, 2.24) is 4.90 Å². The molecule has 0 aromatic heterocycles. The van der Waals surface area contributed by atoms with Crippen LogP contribution in [0, 0.1) is 24.5 Å². The zero-order valence-corrected chi connectivity index (χ0v) is 17.2. The highest BCUT2D eigenvalue weighted by Crippen LogP contribution is 2.34. The average molecular weight is 408 g/mol. The molecule has 1 fully saturated rings. The third-order valence-corrected chi connectivity index (χ3v) is 5.92. The predicted molar refractivity (Wildman–Crippen MR) is 116 cm³/mol. The number of benzene rings is 3. The van der Waals surface area contributed by atoms with Gasteiger partial charge < -0.3 is 4.74 Å². The van der Waals surface area contributed by atoms with E-state index in [0.29, 0.717) is 12.5 Å². The Balaban J connectivity index is 1.47. The van der Waals surface area contributed by atoms with E-state index in [9.17, 15) is 8.78 Å². The van der Waals surface area contributed by atoms with Crippen LogP contribution in [0.1, 0.15) is 29.0 Å². The molecule has 3 aromatic rings. The molecule has 0 spiro atoms. The van der Waals surface area contributed by atoms with Crippen molar-refractivity contribution in [1.29, 1.82) is 0 Å². The highest BCUT2D eigenvalue weighted by Gasteiger charge is 2.31. The van der Waals surface area contributed by atoms with Crippen LogP contribution in [0.4, 0.5) is 8.78 Å². The van der Waals surface area contributed by atoms with Crippen molar-refractivity contribution in [2.75, 3.05) is 19.7 Å². The van der Waals surface area contributed by atoms with Gasteiger partial charge >= 0.3 is 0 Å². The molecular formula is C26H27F2NO. The SMILES string of the molecule is Cc1ccc(OC[C@H]2CN(Cc3ccc(F)cc3)CC[C@@H]2c2ccc(F)cc2)cc1. The molecule has 0 bridgehead atoms. The molecule has 1 aliphatic rings. The highest BCUT2D eigenvalue weighted by molar-refractivity contribution is 5.27. The molecule has 156 valence electrons. The Kier molecular flexibility index (Phi) is 6.44. The standard InChI is InChI=1S/C26H27F2NO/c1-19-2-12-25(13-3-19)30-18-22-17-29(16-20-4-8-23(27)9-5-20)15-14-26(22)21-6-10-24(28)11-7-21/h2-13,22,26H,14-18H2,1H3/t22-,26-/m1/s1. The van der Waals surface area contributed by atoms with E-state index in [4.69, 9.17) is 4.74 Å². The van der Waals surface area contributed by atoms with Crippen LogP contribution in [-0.4, -0.2) is 24.6 Å². The second kappa shape index (κ2) is 9.40. The van der Waals surface area contributed by atoms with E-state index in [1.54, 1.807) is 0 Å². The number of nitrogens with zero attached hydrogens (tertiary/aromatic N) is 1. The molecule has 4 heteroatoms. The number of halogens is 2. The molecule has 3 aromatic carbocycles. The predicted octanol–water partition coefficient (Wildman–Crippen LogP) is 5.96. The number of hydrogen-bond donors (Lipinski definition) is 0. The maximum absolute atomic E-state index is 13.4. The first-order chi connectivity index (χ1) is 14.6. The molecule has 0 aliphatic carbocycles. The molecule has 0 amide bonds. The summed E-state index contributed by atoms with van der Waals surface area (Å²) < 4.78 is 32.8. The van der Waals surface area contributed by atoms with Gasteiger partial charge in [-0.1, -0.05) is 42.0 Å². The molecule has 0 saturated carbocycles. The molecule has 2 atom stereocenters. The number of likely N-dealkylation sites (tertiary alicyclic amines) is 1. The average Bonchev–Trinajstić information content (AvgIpc) is 2.76. The number of ether oxygens (including phenoxy) is 1. The minimum Gasteiger partial charge on any atom is -0.493 e. The van der Waals surface area contributed by atoms with Gasteiger partial charge in [0.05, 0.1) is 6.61 Å². The normalized spacial score (nSPS) is 19.6. The maximum Gasteiger partial charge on any atom is 0.123 e. The molecule has 1 aliphatic heterocycles. The molecule has 30 heavy (non-hydrogen) atoms. The minimum absolute atomic E-state index is 0.208. The molecule has 2 nitrogen and oxygen atoms in total. The second-order valence-electron chi connectivity index (χ2n) is 8.19. The van der Waals surface area contributed by atoms with E-state index in [2.05, 4.69) is 24.0 Å². The van der Waals surface area contributed by atoms with E-state index < -0.39 is 0 Å². The largest absolute Gasteiger partial charge is 0.493 e. The number of rotatable bonds is 6. The Morgan fingerprint density at radius 3 is 2.17 bits per heavy atom. The summed E-state index contributed by atoms with van der Waals surface area (Å²) >= 11 is 0. The van der Waals surface area contributed by atoms with E-state index >= 15 is 0 Å². The monoisotopic (exact) mass is 407 g/mol. The Morgan fingerprint density at radius 1 is 0.867 bits per heavy atom.